The van der Waals surface area contributed by atoms with E-state index < -0.39 is 0 Å². The fourth-order valence-electron chi connectivity index (χ4n) is 1.81. The lowest BCUT2D eigenvalue weighted by Gasteiger charge is -2.42. The molecule has 0 bridgehead atoms. The molecule has 0 aromatic heterocycles. The smallest absolute Gasteiger partial charge is 0.0133 e. The van der Waals surface area contributed by atoms with Gasteiger partial charge >= 0.3 is 0 Å². The maximum absolute atomic E-state index is 5.66. The molecule has 0 aliphatic heterocycles. The molecule has 0 heterocycles. The lowest BCUT2D eigenvalue weighted by molar-refractivity contribution is 0.0954. The van der Waals surface area contributed by atoms with E-state index in [4.69, 9.17) is 5.73 Å². The predicted octanol–water partition coefficient (Wildman–Crippen LogP) is 1.02. The van der Waals surface area contributed by atoms with Crippen molar-refractivity contribution in [1.29, 1.82) is 0 Å². The highest BCUT2D eigenvalue weighted by molar-refractivity contribution is 7.98. The van der Waals surface area contributed by atoms with Crippen LogP contribution in [0.2, 0.25) is 0 Å². The van der Waals surface area contributed by atoms with Gasteiger partial charge in [-0.05, 0) is 38.6 Å². The molecule has 1 aliphatic carbocycles. The van der Waals surface area contributed by atoms with Crippen LogP contribution in [0, 0.1) is 5.92 Å². The van der Waals surface area contributed by atoms with Gasteiger partial charge in [-0.2, -0.15) is 11.8 Å². The fraction of sp³-hybridized carbons (Fsp3) is 1.00. The summed E-state index contributed by atoms with van der Waals surface area (Å²) in [7, 11) is 2.22. The highest BCUT2D eigenvalue weighted by Crippen LogP contribution is 2.30. The summed E-state index contributed by atoms with van der Waals surface area (Å²) in [6, 6.07) is 0.780. The Morgan fingerprint density at radius 3 is 2.67 bits per heavy atom. The molecule has 0 radical (unpaired) electrons. The Labute approximate surface area is 79.9 Å². The predicted molar refractivity (Wildman–Crippen MR) is 56.6 cm³/mol. The average molecular weight is 188 g/mol. The first-order chi connectivity index (χ1) is 5.79. The standard InChI is InChI=1S/C9H20N2S/c1-11(5-6-12-2)9-4-3-8(9)7-10/h8-9H,3-7,10H2,1-2H3. The van der Waals surface area contributed by atoms with Crippen LogP contribution in [0.15, 0.2) is 0 Å². The Morgan fingerprint density at radius 1 is 1.50 bits per heavy atom. The number of rotatable bonds is 5. The third-order valence-corrected chi connectivity index (χ3v) is 3.49. The van der Waals surface area contributed by atoms with Gasteiger partial charge in [0.25, 0.3) is 0 Å². The second-order valence-corrected chi connectivity index (χ2v) is 4.60. The van der Waals surface area contributed by atoms with E-state index in [1.165, 1.54) is 25.1 Å². The zero-order valence-corrected chi connectivity index (χ0v) is 8.94. The van der Waals surface area contributed by atoms with Crippen LogP contribution in [0.5, 0.6) is 0 Å². The maximum atomic E-state index is 5.66. The van der Waals surface area contributed by atoms with E-state index in [1.807, 2.05) is 11.8 Å². The van der Waals surface area contributed by atoms with Gasteiger partial charge in [-0.15, -0.1) is 0 Å². The zero-order chi connectivity index (χ0) is 8.97. The first kappa shape index (κ1) is 10.4. The molecule has 2 N–H and O–H groups in total. The minimum absolute atomic E-state index is 0.775. The van der Waals surface area contributed by atoms with Gasteiger partial charge in [0, 0.05) is 18.3 Å². The number of nitrogens with zero attached hydrogens (tertiary/aromatic N) is 1. The van der Waals surface area contributed by atoms with E-state index in [0.717, 1.165) is 18.5 Å². The van der Waals surface area contributed by atoms with Crippen LogP contribution in [0.4, 0.5) is 0 Å². The molecule has 1 aliphatic rings. The van der Waals surface area contributed by atoms with Crippen molar-refractivity contribution < 1.29 is 0 Å². The monoisotopic (exact) mass is 188 g/mol. The molecule has 0 aromatic rings. The summed E-state index contributed by atoms with van der Waals surface area (Å²) >= 11 is 1.92. The number of nitrogens with two attached hydrogens (primary N) is 1. The van der Waals surface area contributed by atoms with Gasteiger partial charge in [-0.1, -0.05) is 0 Å². The second-order valence-electron chi connectivity index (χ2n) is 3.61. The summed E-state index contributed by atoms with van der Waals surface area (Å²) in [4.78, 5) is 2.47. The van der Waals surface area contributed by atoms with Crippen LogP contribution in [-0.2, 0) is 0 Å². The summed E-state index contributed by atoms with van der Waals surface area (Å²) < 4.78 is 0. The van der Waals surface area contributed by atoms with Crippen LogP contribution in [0.3, 0.4) is 0 Å². The molecule has 1 fully saturated rings. The summed E-state index contributed by atoms with van der Waals surface area (Å²) in [5.41, 5.74) is 5.66. The van der Waals surface area contributed by atoms with Crippen molar-refractivity contribution in [3.63, 3.8) is 0 Å². The SMILES string of the molecule is CSCCN(C)C1CCC1CN. The van der Waals surface area contributed by atoms with Gasteiger partial charge in [0.1, 0.15) is 0 Å². The molecule has 0 spiro atoms. The number of thioether (sulfide) groups is 1. The third-order valence-electron chi connectivity index (χ3n) is 2.89. The van der Waals surface area contributed by atoms with Crippen LogP contribution in [0.1, 0.15) is 12.8 Å². The Hall–Kier alpha value is 0.270. The van der Waals surface area contributed by atoms with Gasteiger partial charge in [-0.25, -0.2) is 0 Å². The largest absolute Gasteiger partial charge is 0.330 e. The van der Waals surface area contributed by atoms with Crippen LogP contribution in [0.25, 0.3) is 0 Å². The minimum Gasteiger partial charge on any atom is -0.330 e. The first-order valence-corrected chi connectivity index (χ1v) is 6.08. The van der Waals surface area contributed by atoms with Crippen molar-refractivity contribution in [2.24, 2.45) is 11.7 Å². The van der Waals surface area contributed by atoms with Gasteiger partial charge in [0.15, 0.2) is 0 Å². The molecule has 12 heavy (non-hydrogen) atoms. The molecule has 2 unspecified atom stereocenters. The van der Waals surface area contributed by atoms with E-state index in [2.05, 4.69) is 18.2 Å². The van der Waals surface area contributed by atoms with Crippen molar-refractivity contribution in [2.75, 3.05) is 32.1 Å². The Balaban J connectivity index is 2.18. The van der Waals surface area contributed by atoms with E-state index >= 15 is 0 Å². The lowest BCUT2D eigenvalue weighted by Crippen LogP contribution is -2.48. The van der Waals surface area contributed by atoms with Crippen molar-refractivity contribution in [3.05, 3.63) is 0 Å². The number of hydrogen-bond donors (Lipinski definition) is 1. The molecule has 0 aromatic carbocycles. The summed E-state index contributed by atoms with van der Waals surface area (Å²) in [6.07, 6.45) is 4.85. The maximum Gasteiger partial charge on any atom is 0.0133 e. The van der Waals surface area contributed by atoms with Gasteiger partial charge in [-0.3, -0.25) is 0 Å². The van der Waals surface area contributed by atoms with Crippen molar-refractivity contribution in [2.45, 2.75) is 18.9 Å². The molecule has 2 atom stereocenters. The third kappa shape index (κ3) is 2.38. The molecule has 0 amide bonds. The highest BCUT2D eigenvalue weighted by atomic mass is 32.2. The lowest BCUT2D eigenvalue weighted by atomic mass is 9.79. The van der Waals surface area contributed by atoms with E-state index in [0.29, 0.717) is 0 Å². The van der Waals surface area contributed by atoms with Crippen LogP contribution < -0.4 is 5.73 Å². The molecular formula is C9H20N2S. The molecular weight excluding hydrogens is 168 g/mol. The molecule has 0 saturated heterocycles. The van der Waals surface area contributed by atoms with Gasteiger partial charge in [0.05, 0.1) is 0 Å². The van der Waals surface area contributed by atoms with Crippen molar-refractivity contribution in [3.8, 4) is 0 Å². The summed E-state index contributed by atoms with van der Waals surface area (Å²) in [5, 5.41) is 0. The molecule has 2 nitrogen and oxygen atoms in total. The Kier molecular flexibility index (Phi) is 4.40. The van der Waals surface area contributed by atoms with E-state index in [9.17, 15) is 0 Å². The quantitative estimate of drug-likeness (QED) is 0.698. The second kappa shape index (κ2) is 5.10. The van der Waals surface area contributed by atoms with E-state index in [-0.39, 0.29) is 0 Å². The summed E-state index contributed by atoms with van der Waals surface area (Å²) in [6.45, 7) is 2.08. The molecule has 1 rings (SSSR count). The molecule has 1 saturated carbocycles. The van der Waals surface area contributed by atoms with Crippen molar-refractivity contribution >= 4 is 11.8 Å². The molecule has 3 heteroatoms. The van der Waals surface area contributed by atoms with Crippen LogP contribution in [-0.4, -0.2) is 43.1 Å². The number of hydrogen-bond acceptors (Lipinski definition) is 3. The van der Waals surface area contributed by atoms with Crippen molar-refractivity contribution in [1.82, 2.24) is 4.90 Å². The normalized spacial score (nSPS) is 29.0. The highest BCUT2D eigenvalue weighted by Gasteiger charge is 2.32. The topological polar surface area (TPSA) is 29.3 Å². The van der Waals surface area contributed by atoms with Crippen LogP contribution >= 0.6 is 11.8 Å². The molecule has 72 valence electrons. The van der Waals surface area contributed by atoms with Gasteiger partial charge < -0.3 is 10.6 Å². The first-order valence-electron chi connectivity index (χ1n) is 4.68. The Bertz CT molecular complexity index is 128. The fourth-order valence-corrected chi connectivity index (χ4v) is 2.28. The minimum atomic E-state index is 0.775. The Morgan fingerprint density at radius 2 is 2.25 bits per heavy atom. The zero-order valence-electron chi connectivity index (χ0n) is 8.12. The average Bonchev–Trinajstić information content (AvgIpc) is 2.00. The van der Waals surface area contributed by atoms with E-state index in [1.54, 1.807) is 0 Å². The summed E-state index contributed by atoms with van der Waals surface area (Å²) in [5.74, 6) is 2.02. The van der Waals surface area contributed by atoms with Gasteiger partial charge in [0.2, 0.25) is 0 Å².